The average Bonchev–Trinajstić information content (AvgIpc) is 2.71. The molecule has 0 bridgehead atoms. The zero-order valence-electron chi connectivity index (χ0n) is 11.7. The van der Waals surface area contributed by atoms with E-state index in [9.17, 15) is 4.79 Å². The molecule has 3 rings (SSSR count). The highest BCUT2D eigenvalue weighted by molar-refractivity contribution is 5.90. The average molecular weight is 270 g/mol. The van der Waals surface area contributed by atoms with E-state index in [2.05, 4.69) is 12.1 Å². The number of amides is 1. The summed E-state index contributed by atoms with van der Waals surface area (Å²) in [5.41, 5.74) is 7.19. The number of nitrogens with two attached hydrogens (primary N) is 1. The van der Waals surface area contributed by atoms with Crippen molar-refractivity contribution in [1.29, 1.82) is 0 Å². The van der Waals surface area contributed by atoms with Crippen molar-refractivity contribution in [2.75, 3.05) is 14.2 Å². The van der Waals surface area contributed by atoms with E-state index < -0.39 is 0 Å². The van der Waals surface area contributed by atoms with Crippen LogP contribution in [0.15, 0.2) is 36.4 Å². The Morgan fingerprint density at radius 1 is 1.25 bits per heavy atom. The predicted molar refractivity (Wildman–Crippen MR) is 78.6 cm³/mol. The molecule has 4 heteroatoms. The number of rotatable bonds is 2. The molecule has 1 heterocycles. The highest BCUT2D eigenvalue weighted by Gasteiger charge is 2.38. The molecular formula is C16H18N2O2. The second kappa shape index (κ2) is 4.80. The first kappa shape index (κ1) is 12.9. The number of hydrogen-bond acceptors (Lipinski definition) is 3. The van der Waals surface area contributed by atoms with Crippen LogP contribution in [-0.4, -0.2) is 31.0 Å². The summed E-state index contributed by atoms with van der Waals surface area (Å²) < 4.78 is 5.50. The molecule has 1 aliphatic heterocycles. The number of fused-ring (bicyclic) bond motifs is 1. The Labute approximate surface area is 118 Å². The summed E-state index contributed by atoms with van der Waals surface area (Å²) in [6.07, 6.45) is 0.382. The number of carbonyl (C=O) groups excluding carboxylic acids is 1. The van der Waals surface area contributed by atoms with Crippen molar-refractivity contribution in [2.45, 2.75) is 18.5 Å². The monoisotopic (exact) mass is 270 g/mol. The van der Waals surface area contributed by atoms with Gasteiger partial charge >= 0.3 is 0 Å². The molecule has 0 aromatic heterocycles. The van der Waals surface area contributed by atoms with E-state index >= 15 is 0 Å². The first-order valence-electron chi connectivity index (χ1n) is 6.70. The molecule has 2 aromatic carbocycles. The van der Waals surface area contributed by atoms with Crippen LogP contribution in [0.1, 0.15) is 18.0 Å². The van der Waals surface area contributed by atoms with E-state index in [1.165, 1.54) is 0 Å². The summed E-state index contributed by atoms with van der Waals surface area (Å²) in [7, 11) is 3.46. The van der Waals surface area contributed by atoms with Crippen molar-refractivity contribution >= 4 is 16.7 Å². The highest BCUT2D eigenvalue weighted by atomic mass is 16.5. The third-order valence-electron chi connectivity index (χ3n) is 4.07. The molecule has 20 heavy (non-hydrogen) atoms. The number of ether oxygens (including phenoxy) is 1. The standard InChI is InChI=1S/C16H18N2O2/c1-18-14(19)9-12(17)16(18)15-11-6-4-3-5-10(11)7-8-13(15)20-2/h3-8,12,16H,9,17H2,1-2H3. The second-order valence-electron chi connectivity index (χ2n) is 5.22. The van der Waals surface area contributed by atoms with Crippen LogP contribution in [0.3, 0.4) is 0 Å². The third kappa shape index (κ3) is 1.84. The summed E-state index contributed by atoms with van der Waals surface area (Å²) >= 11 is 0. The topological polar surface area (TPSA) is 55.6 Å². The summed E-state index contributed by atoms with van der Waals surface area (Å²) in [5.74, 6) is 0.864. The number of hydrogen-bond donors (Lipinski definition) is 1. The van der Waals surface area contributed by atoms with Crippen LogP contribution in [0.5, 0.6) is 5.75 Å². The van der Waals surface area contributed by atoms with E-state index in [-0.39, 0.29) is 18.0 Å². The molecule has 0 aliphatic carbocycles. The lowest BCUT2D eigenvalue weighted by Gasteiger charge is -2.26. The Kier molecular flexibility index (Phi) is 3.10. The van der Waals surface area contributed by atoms with Crippen molar-refractivity contribution < 1.29 is 9.53 Å². The number of nitrogens with zero attached hydrogens (tertiary/aromatic N) is 1. The van der Waals surface area contributed by atoms with Crippen LogP contribution >= 0.6 is 0 Å². The lowest BCUT2D eigenvalue weighted by molar-refractivity contribution is -0.127. The van der Waals surface area contributed by atoms with Crippen molar-refractivity contribution in [3.8, 4) is 5.75 Å². The minimum atomic E-state index is -0.202. The zero-order chi connectivity index (χ0) is 14.3. The molecule has 2 aromatic rings. The first-order valence-corrected chi connectivity index (χ1v) is 6.70. The summed E-state index contributed by atoms with van der Waals surface area (Å²) in [4.78, 5) is 13.6. The van der Waals surface area contributed by atoms with Gasteiger partial charge in [0.1, 0.15) is 5.75 Å². The minimum Gasteiger partial charge on any atom is -0.496 e. The smallest absolute Gasteiger partial charge is 0.224 e. The lowest BCUT2D eigenvalue weighted by Crippen LogP contribution is -2.30. The predicted octanol–water partition coefficient (Wildman–Crippen LogP) is 2.08. The fraction of sp³-hybridized carbons (Fsp3) is 0.312. The molecule has 0 saturated carbocycles. The van der Waals surface area contributed by atoms with Crippen LogP contribution < -0.4 is 10.5 Å². The van der Waals surface area contributed by atoms with Crippen molar-refractivity contribution in [3.63, 3.8) is 0 Å². The van der Waals surface area contributed by atoms with Gasteiger partial charge in [0.15, 0.2) is 0 Å². The van der Waals surface area contributed by atoms with Crippen molar-refractivity contribution in [2.24, 2.45) is 5.73 Å². The fourth-order valence-electron chi connectivity index (χ4n) is 3.07. The van der Waals surface area contributed by atoms with Gasteiger partial charge in [-0.15, -0.1) is 0 Å². The van der Waals surface area contributed by atoms with E-state index in [4.69, 9.17) is 10.5 Å². The molecule has 1 saturated heterocycles. The van der Waals surface area contributed by atoms with Crippen LogP contribution in [0.25, 0.3) is 10.8 Å². The van der Waals surface area contributed by atoms with Gasteiger partial charge in [-0.05, 0) is 16.8 Å². The first-order chi connectivity index (χ1) is 9.63. The Hall–Kier alpha value is -2.07. The van der Waals surface area contributed by atoms with Crippen LogP contribution in [0.4, 0.5) is 0 Å². The largest absolute Gasteiger partial charge is 0.496 e. The number of likely N-dealkylation sites (tertiary alicyclic amines) is 1. The van der Waals surface area contributed by atoms with Gasteiger partial charge in [-0.3, -0.25) is 4.79 Å². The Morgan fingerprint density at radius 3 is 2.65 bits per heavy atom. The highest BCUT2D eigenvalue weighted by Crippen LogP contribution is 2.40. The van der Waals surface area contributed by atoms with E-state index in [0.29, 0.717) is 6.42 Å². The maximum atomic E-state index is 11.9. The Morgan fingerprint density at radius 2 is 2.00 bits per heavy atom. The minimum absolute atomic E-state index is 0.0810. The van der Waals surface area contributed by atoms with E-state index in [0.717, 1.165) is 22.1 Å². The van der Waals surface area contributed by atoms with Gasteiger partial charge in [-0.2, -0.15) is 0 Å². The number of methoxy groups -OCH3 is 1. The number of likely N-dealkylation sites (N-methyl/N-ethyl adjacent to an activating group) is 1. The second-order valence-corrected chi connectivity index (χ2v) is 5.22. The molecule has 1 amide bonds. The molecule has 0 radical (unpaired) electrons. The van der Waals surface area contributed by atoms with Crippen molar-refractivity contribution in [3.05, 3.63) is 42.0 Å². The van der Waals surface area contributed by atoms with Crippen molar-refractivity contribution in [1.82, 2.24) is 4.90 Å². The molecule has 2 N–H and O–H groups in total. The summed E-state index contributed by atoms with van der Waals surface area (Å²) in [6.45, 7) is 0. The molecule has 0 spiro atoms. The summed E-state index contributed by atoms with van der Waals surface area (Å²) in [5, 5.41) is 2.22. The fourth-order valence-corrected chi connectivity index (χ4v) is 3.07. The molecule has 2 unspecified atom stereocenters. The van der Waals surface area contributed by atoms with Gasteiger partial charge < -0.3 is 15.4 Å². The molecule has 1 aliphatic rings. The van der Waals surface area contributed by atoms with Gasteiger partial charge in [-0.25, -0.2) is 0 Å². The normalized spacial score (nSPS) is 22.6. The van der Waals surface area contributed by atoms with Crippen LogP contribution in [0.2, 0.25) is 0 Å². The maximum Gasteiger partial charge on any atom is 0.224 e. The zero-order valence-corrected chi connectivity index (χ0v) is 11.7. The molecule has 2 atom stereocenters. The van der Waals surface area contributed by atoms with Gasteiger partial charge in [0.25, 0.3) is 0 Å². The van der Waals surface area contributed by atoms with Gasteiger partial charge in [0, 0.05) is 25.1 Å². The van der Waals surface area contributed by atoms with Crippen LogP contribution in [-0.2, 0) is 4.79 Å². The SMILES string of the molecule is COc1ccc2ccccc2c1C1C(N)CC(=O)N1C. The molecule has 1 fully saturated rings. The quantitative estimate of drug-likeness (QED) is 0.909. The Balaban J connectivity index is 2.26. The Bertz CT molecular complexity index is 669. The number of carbonyl (C=O) groups is 1. The van der Waals surface area contributed by atoms with E-state index in [1.807, 2.05) is 24.3 Å². The maximum absolute atomic E-state index is 11.9. The summed E-state index contributed by atoms with van der Waals surface area (Å²) in [6, 6.07) is 11.7. The van der Waals surface area contributed by atoms with Gasteiger partial charge in [0.2, 0.25) is 5.91 Å². The van der Waals surface area contributed by atoms with Crippen LogP contribution in [0, 0.1) is 0 Å². The van der Waals surface area contributed by atoms with Gasteiger partial charge in [-0.1, -0.05) is 30.3 Å². The van der Waals surface area contributed by atoms with E-state index in [1.54, 1.807) is 19.1 Å². The van der Waals surface area contributed by atoms with Gasteiger partial charge in [0.05, 0.1) is 13.2 Å². The molecule has 4 nitrogen and oxygen atoms in total. The lowest BCUT2D eigenvalue weighted by atomic mass is 9.94. The third-order valence-corrected chi connectivity index (χ3v) is 4.07. The molecule has 104 valence electrons. The number of benzene rings is 2. The molecular weight excluding hydrogens is 252 g/mol.